The zero-order valence-electron chi connectivity index (χ0n) is 11.2. The van der Waals surface area contributed by atoms with Gasteiger partial charge in [0.25, 0.3) is 0 Å². The average molecular weight is 285 g/mol. The van der Waals surface area contributed by atoms with E-state index in [1.807, 2.05) is 0 Å². The van der Waals surface area contributed by atoms with E-state index in [-0.39, 0.29) is 31.4 Å². The SMILES string of the molecule is N=C(N)NCCC[C@H](NC(=O)CCN)C(=O)NC[C]=O. The van der Waals surface area contributed by atoms with Crippen molar-refractivity contribution in [1.82, 2.24) is 16.0 Å². The summed E-state index contributed by atoms with van der Waals surface area (Å²) in [5.74, 6) is -0.947. The van der Waals surface area contributed by atoms with Crippen molar-refractivity contribution >= 4 is 24.1 Å². The van der Waals surface area contributed by atoms with Crippen LogP contribution in [-0.4, -0.2) is 49.7 Å². The highest BCUT2D eigenvalue weighted by Crippen LogP contribution is 1.98. The molecule has 0 saturated carbocycles. The number of amides is 2. The lowest BCUT2D eigenvalue weighted by Gasteiger charge is -2.17. The molecular formula is C11H21N6O3. The molecule has 8 N–H and O–H groups in total. The van der Waals surface area contributed by atoms with Gasteiger partial charge in [-0.3, -0.25) is 19.8 Å². The topological polar surface area (TPSA) is 163 Å². The van der Waals surface area contributed by atoms with Gasteiger partial charge in [-0.05, 0) is 12.8 Å². The Morgan fingerprint density at radius 3 is 2.55 bits per heavy atom. The highest BCUT2D eigenvalue weighted by atomic mass is 16.2. The van der Waals surface area contributed by atoms with Crippen molar-refractivity contribution in [2.24, 2.45) is 11.5 Å². The second-order valence-electron chi connectivity index (χ2n) is 4.00. The monoisotopic (exact) mass is 285 g/mol. The molecule has 9 nitrogen and oxygen atoms in total. The Kier molecular flexibility index (Phi) is 9.57. The van der Waals surface area contributed by atoms with Crippen LogP contribution in [0.2, 0.25) is 0 Å². The molecule has 0 aromatic heterocycles. The summed E-state index contributed by atoms with van der Waals surface area (Å²) in [4.78, 5) is 33.3. The molecule has 0 spiro atoms. The van der Waals surface area contributed by atoms with Gasteiger partial charge in [0.1, 0.15) is 6.04 Å². The lowest BCUT2D eigenvalue weighted by molar-refractivity contribution is -0.128. The Hall–Kier alpha value is -2.16. The Balaban J connectivity index is 4.29. The zero-order chi connectivity index (χ0) is 15.4. The molecule has 0 bridgehead atoms. The third-order valence-corrected chi connectivity index (χ3v) is 2.34. The minimum Gasteiger partial charge on any atom is -0.370 e. The van der Waals surface area contributed by atoms with Crippen LogP contribution in [0.25, 0.3) is 0 Å². The van der Waals surface area contributed by atoms with Gasteiger partial charge in [0.05, 0.1) is 6.54 Å². The fraction of sp³-hybridized carbons (Fsp3) is 0.636. The predicted octanol–water partition coefficient (Wildman–Crippen LogP) is -2.69. The first-order valence-electron chi connectivity index (χ1n) is 6.21. The number of nitrogens with two attached hydrogens (primary N) is 2. The van der Waals surface area contributed by atoms with Gasteiger partial charge in [0.15, 0.2) is 5.96 Å². The van der Waals surface area contributed by atoms with E-state index >= 15 is 0 Å². The van der Waals surface area contributed by atoms with Crippen LogP contribution in [-0.2, 0) is 14.4 Å². The lowest BCUT2D eigenvalue weighted by Crippen LogP contribution is -2.47. The fourth-order valence-electron chi connectivity index (χ4n) is 1.44. The highest BCUT2D eigenvalue weighted by Gasteiger charge is 2.19. The largest absolute Gasteiger partial charge is 0.370 e. The number of guanidine groups is 1. The van der Waals surface area contributed by atoms with E-state index in [4.69, 9.17) is 16.9 Å². The highest BCUT2D eigenvalue weighted by molar-refractivity contribution is 5.88. The van der Waals surface area contributed by atoms with Crippen LogP contribution in [0.15, 0.2) is 0 Å². The normalized spacial score (nSPS) is 11.2. The van der Waals surface area contributed by atoms with E-state index in [1.54, 1.807) is 6.29 Å². The van der Waals surface area contributed by atoms with Crippen LogP contribution >= 0.6 is 0 Å². The molecule has 0 aliphatic rings. The molecule has 0 aromatic carbocycles. The molecule has 0 aromatic rings. The molecule has 20 heavy (non-hydrogen) atoms. The van der Waals surface area contributed by atoms with E-state index < -0.39 is 11.9 Å². The molecule has 0 heterocycles. The number of hydrogen-bond acceptors (Lipinski definition) is 5. The Bertz CT molecular complexity index is 347. The predicted molar refractivity (Wildman–Crippen MR) is 73.5 cm³/mol. The first-order valence-corrected chi connectivity index (χ1v) is 6.21. The van der Waals surface area contributed by atoms with Crippen molar-refractivity contribution < 1.29 is 14.4 Å². The van der Waals surface area contributed by atoms with Crippen LogP contribution in [0.1, 0.15) is 19.3 Å². The molecular weight excluding hydrogens is 264 g/mol. The molecule has 2 amide bonds. The summed E-state index contributed by atoms with van der Waals surface area (Å²) >= 11 is 0. The van der Waals surface area contributed by atoms with Crippen LogP contribution in [0.3, 0.4) is 0 Å². The Morgan fingerprint density at radius 2 is 2.00 bits per heavy atom. The molecule has 0 unspecified atom stereocenters. The second kappa shape index (κ2) is 10.7. The third-order valence-electron chi connectivity index (χ3n) is 2.34. The molecule has 1 atom stereocenters. The minimum atomic E-state index is -0.754. The molecule has 0 fully saturated rings. The Morgan fingerprint density at radius 1 is 1.30 bits per heavy atom. The van der Waals surface area contributed by atoms with Crippen molar-refractivity contribution in [2.45, 2.75) is 25.3 Å². The number of carbonyl (C=O) groups is 2. The van der Waals surface area contributed by atoms with Crippen molar-refractivity contribution in [3.8, 4) is 0 Å². The molecule has 0 saturated heterocycles. The molecule has 9 heteroatoms. The van der Waals surface area contributed by atoms with E-state index in [0.29, 0.717) is 19.4 Å². The molecule has 0 rings (SSSR count). The van der Waals surface area contributed by atoms with Gasteiger partial charge in [0, 0.05) is 19.5 Å². The van der Waals surface area contributed by atoms with Crippen LogP contribution in [0.5, 0.6) is 0 Å². The van der Waals surface area contributed by atoms with Gasteiger partial charge in [-0.15, -0.1) is 0 Å². The molecule has 0 aliphatic heterocycles. The molecule has 113 valence electrons. The smallest absolute Gasteiger partial charge is 0.242 e. The fourth-order valence-corrected chi connectivity index (χ4v) is 1.44. The zero-order valence-corrected chi connectivity index (χ0v) is 11.2. The summed E-state index contributed by atoms with van der Waals surface area (Å²) in [5, 5.41) is 14.5. The van der Waals surface area contributed by atoms with Gasteiger partial charge in [0.2, 0.25) is 18.1 Å². The maximum atomic E-state index is 11.7. The van der Waals surface area contributed by atoms with Crippen LogP contribution < -0.4 is 27.4 Å². The first-order chi connectivity index (χ1) is 9.51. The van der Waals surface area contributed by atoms with Gasteiger partial charge in [-0.2, -0.15) is 0 Å². The van der Waals surface area contributed by atoms with E-state index in [0.717, 1.165) is 0 Å². The molecule has 1 radical (unpaired) electrons. The van der Waals surface area contributed by atoms with Gasteiger partial charge in [-0.1, -0.05) is 0 Å². The lowest BCUT2D eigenvalue weighted by atomic mass is 10.1. The van der Waals surface area contributed by atoms with Crippen molar-refractivity contribution in [1.29, 1.82) is 5.41 Å². The number of nitrogens with one attached hydrogen (secondary N) is 4. The third kappa shape index (κ3) is 8.86. The van der Waals surface area contributed by atoms with Gasteiger partial charge >= 0.3 is 0 Å². The first kappa shape index (κ1) is 17.8. The summed E-state index contributed by atoms with van der Waals surface area (Å²) in [5.41, 5.74) is 10.4. The Labute approximate surface area is 117 Å². The van der Waals surface area contributed by atoms with Crippen LogP contribution in [0.4, 0.5) is 0 Å². The summed E-state index contributed by atoms with van der Waals surface area (Å²) in [6.07, 6.45) is 2.53. The quantitative estimate of drug-likeness (QED) is 0.145. The summed E-state index contributed by atoms with van der Waals surface area (Å²) < 4.78 is 0. The van der Waals surface area contributed by atoms with E-state index in [1.165, 1.54) is 0 Å². The van der Waals surface area contributed by atoms with Crippen molar-refractivity contribution in [3.63, 3.8) is 0 Å². The van der Waals surface area contributed by atoms with Crippen molar-refractivity contribution in [2.75, 3.05) is 19.6 Å². The van der Waals surface area contributed by atoms with Crippen molar-refractivity contribution in [3.05, 3.63) is 0 Å². The summed E-state index contributed by atoms with van der Waals surface area (Å²) in [7, 11) is 0. The summed E-state index contributed by atoms with van der Waals surface area (Å²) in [6, 6.07) is -0.754. The van der Waals surface area contributed by atoms with E-state index in [9.17, 15) is 14.4 Å². The van der Waals surface area contributed by atoms with Crippen LogP contribution in [0, 0.1) is 5.41 Å². The second-order valence-corrected chi connectivity index (χ2v) is 4.00. The summed E-state index contributed by atoms with van der Waals surface area (Å²) in [6.45, 7) is 0.369. The molecule has 0 aliphatic carbocycles. The van der Waals surface area contributed by atoms with Gasteiger partial charge in [-0.25, -0.2) is 0 Å². The number of rotatable bonds is 10. The number of carbonyl (C=O) groups excluding carboxylic acids is 3. The average Bonchev–Trinajstić information content (AvgIpc) is 2.39. The maximum absolute atomic E-state index is 11.7. The standard InChI is InChI=1S/C11H21N6O3/c12-4-3-9(19)17-8(10(20)15-6-7-18)2-1-5-16-11(13)14/h8H,1-6,12H2,(H,15,20)(H,17,19)(H4,13,14,16)/t8-/m0/s1. The maximum Gasteiger partial charge on any atom is 0.242 e. The number of hydrogen-bond donors (Lipinski definition) is 6. The minimum absolute atomic E-state index is 0.120. The van der Waals surface area contributed by atoms with Gasteiger partial charge < -0.3 is 27.4 Å². The van der Waals surface area contributed by atoms with E-state index in [2.05, 4.69) is 16.0 Å².